The molecule has 0 fully saturated rings. The van der Waals surface area contributed by atoms with Crippen LogP contribution in [0.3, 0.4) is 0 Å². The zero-order valence-corrected chi connectivity index (χ0v) is 15.8. The molecule has 138 valence electrons. The molecule has 0 saturated carbocycles. The highest BCUT2D eigenvalue weighted by molar-refractivity contribution is 7.84. The molecule has 1 aliphatic heterocycles. The number of amides is 1. The average Bonchev–Trinajstić information content (AvgIpc) is 3.12. The molecule has 0 spiro atoms. The summed E-state index contributed by atoms with van der Waals surface area (Å²) in [6.07, 6.45) is 6.20. The molecule has 0 saturated heterocycles. The minimum absolute atomic E-state index is 0.0709. The van der Waals surface area contributed by atoms with Crippen LogP contribution in [0.1, 0.15) is 16.8 Å². The predicted molar refractivity (Wildman–Crippen MR) is 103 cm³/mol. The van der Waals surface area contributed by atoms with Crippen molar-refractivity contribution in [3.8, 4) is 11.3 Å². The minimum Gasteiger partial charge on any atom is -0.338 e. The predicted octanol–water partition coefficient (Wildman–Crippen LogP) is 2.34. The largest absolute Gasteiger partial charge is 0.338 e. The topological polar surface area (TPSA) is 79.0 Å². The van der Waals surface area contributed by atoms with E-state index < -0.39 is 10.8 Å². The summed E-state index contributed by atoms with van der Waals surface area (Å²) in [4.78, 5) is 19.5. The van der Waals surface area contributed by atoms with Gasteiger partial charge >= 0.3 is 0 Å². The van der Waals surface area contributed by atoms with Crippen molar-refractivity contribution in [2.75, 3.05) is 12.8 Å². The maximum Gasteiger partial charge on any atom is 0.227 e. The quantitative estimate of drug-likeness (QED) is 0.753. The molecular formula is C20H20N4O2S. The van der Waals surface area contributed by atoms with Crippen LogP contribution in [0.25, 0.3) is 11.3 Å². The van der Waals surface area contributed by atoms with E-state index >= 15 is 0 Å². The Morgan fingerprint density at radius 2 is 2.07 bits per heavy atom. The molecule has 1 atom stereocenters. The molecule has 1 aromatic carbocycles. The number of aromatic nitrogens is 3. The van der Waals surface area contributed by atoms with Crippen molar-refractivity contribution < 1.29 is 9.00 Å². The van der Waals surface area contributed by atoms with E-state index in [-0.39, 0.29) is 5.91 Å². The van der Waals surface area contributed by atoms with E-state index in [9.17, 15) is 9.00 Å². The van der Waals surface area contributed by atoms with Gasteiger partial charge in [0, 0.05) is 70.7 Å². The summed E-state index contributed by atoms with van der Waals surface area (Å²) >= 11 is 0. The second-order valence-corrected chi connectivity index (χ2v) is 7.99. The Morgan fingerprint density at radius 1 is 1.26 bits per heavy atom. The summed E-state index contributed by atoms with van der Waals surface area (Å²) in [6, 6.07) is 11.3. The van der Waals surface area contributed by atoms with E-state index in [0.29, 0.717) is 19.5 Å². The Hall–Kier alpha value is -2.80. The molecule has 0 aliphatic carbocycles. The third-order valence-electron chi connectivity index (χ3n) is 4.83. The number of carbonyl (C=O) groups excluding carboxylic acids is 1. The molecule has 2 aromatic heterocycles. The van der Waals surface area contributed by atoms with Gasteiger partial charge in [-0.05, 0) is 29.8 Å². The summed E-state index contributed by atoms with van der Waals surface area (Å²) in [6.45, 7) is 1.21. The van der Waals surface area contributed by atoms with Crippen molar-refractivity contribution in [3.63, 3.8) is 0 Å². The zero-order chi connectivity index (χ0) is 18.8. The van der Waals surface area contributed by atoms with Gasteiger partial charge in [0.25, 0.3) is 0 Å². The van der Waals surface area contributed by atoms with Crippen molar-refractivity contribution in [1.29, 1.82) is 0 Å². The van der Waals surface area contributed by atoms with Crippen LogP contribution >= 0.6 is 0 Å². The van der Waals surface area contributed by atoms with Crippen LogP contribution in [0.15, 0.2) is 53.7 Å². The van der Waals surface area contributed by atoms with Crippen LogP contribution in [0.4, 0.5) is 0 Å². The second-order valence-electron chi connectivity index (χ2n) is 6.61. The molecule has 1 amide bonds. The minimum atomic E-state index is -1.05. The second kappa shape index (κ2) is 7.44. The molecule has 3 aromatic rings. The highest BCUT2D eigenvalue weighted by atomic mass is 32.2. The van der Waals surface area contributed by atoms with Gasteiger partial charge in [0.2, 0.25) is 5.91 Å². The molecule has 1 N–H and O–H groups in total. The van der Waals surface area contributed by atoms with Gasteiger partial charge in [0.1, 0.15) is 0 Å². The molecule has 7 heteroatoms. The van der Waals surface area contributed by atoms with Crippen LogP contribution in [-0.4, -0.2) is 43.0 Å². The summed E-state index contributed by atoms with van der Waals surface area (Å²) in [5, 5.41) is 7.56. The SMILES string of the molecule is CS(=O)c1cccc(CC(=O)N2CCc3[nH]nc(-c4ccncc4)c3C2)c1. The lowest BCUT2D eigenvalue weighted by Crippen LogP contribution is -2.36. The number of hydrogen-bond donors (Lipinski definition) is 1. The standard InChI is InChI=1S/C20H20N4O2S/c1-27(26)16-4-2-3-14(11-16)12-19(25)24-10-7-18-17(13-24)20(23-22-18)15-5-8-21-9-6-15/h2-6,8-9,11H,7,10,12-13H2,1H3,(H,22,23). The van der Waals surface area contributed by atoms with E-state index in [1.54, 1.807) is 18.6 Å². The maximum atomic E-state index is 12.8. The highest BCUT2D eigenvalue weighted by Crippen LogP contribution is 2.28. The Morgan fingerprint density at radius 3 is 2.85 bits per heavy atom. The lowest BCUT2D eigenvalue weighted by Gasteiger charge is -2.27. The molecular weight excluding hydrogens is 360 g/mol. The Kier molecular flexibility index (Phi) is 4.85. The highest BCUT2D eigenvalue weighted by Gasteiger charge is 2.25. The lowest BCUT2D eigenvalue weighted by atomic mass is 10.0. The lowest BCUT2D eigenvalue weighted by molar-refractivity contribution is -0.131. The van der Waals surface area contributed by atoms with Gasteiger partial charge in [0.15, 0.2) is 0 Å². The number of hydrogen-bond acceptors (Lipinski definition) is 4. The van der Waals surface area contributed by atoms with Gasteiger partial charge in [-0.15, -0.1) is 0 Å². The number of benzene rings is 1. The van der Waals surface area contributed by atoms with Crippen molar-refractivity contribution in [3.05, 3.63) is 65.6 Å². The normalized spacial score (nSPS) is 14.6. The molecule has 27 heavy (non-hydrogen) atoms. The van der Waals surface area contributed by atoms with E-state index in [1.165, 1.54) is 0 Å². The van der Waals surface area contributed by atoms with E-state index in [4.69, 9.17) is 0 Å². The summed E-state index contributed by atoms with van der Waals surface area (Å²) in [7, 11) is -1.05. The van der Waals surface area contributed by atoms with Crippen LogP contribution in [0.2, 0.25) is 0 Å². The van der Waals surface area contributed by atoms with E-state index in [1.807, 2.05) is 41.3 Å². The van der Waals surface area contributed by atoms with Gasteiger partial charge in [0.05, 0.1) is 12.1 Å². The maximum absolute atomic E-state index is 12.8. The fraction of sp³-hybridized carbons (Fsp3) is 0.250. The number of aromatic amines is 1. The summed E-state index contributed by atoms with van der Waals surface area (Å²) in [5.74, 6) is 0.0709. The molecule has 1 aliphatic rings. The monoisotopic (exact) mass is 380 g/mol. The van der Waals surface area contributed by atoms with Gasteiger partial charge in [-0.2, -0.15) is 5.10 Å². The summed E-state index contributed by atoms with van der Waals surface area (Å²) < 4.78 is 11.7. The van der Waals surface area contributed by atoms with Gasteiger partial charge in [-0.25, -0.2) is 0 Å². The first kappa shape index (κ1) is 17.6. The first-order valence-electron chi connectivity index (χ1n) is 8.78. The number of fused-ring (bicyclic) bond motifs is 1. The molecule has 0 bridgehead atoms. The van der Waals surface area contributed by atoms with E-state index in [0.717, 1.165) is 39.4 Å². The Bertz CT molecular complexity index is 1000. The number of carbonyl (C=O) groups is 1. The molecule has 6 nitrogen and oxygen atoms in total. The van der Waals surface area contributed by atoms with Crippen molar-refractivity contribution in [1.82, 2.24) is 20.1 Å². The number of pyridine rings is 1. The number of rotatable bonds is 4. The van der Waals surface area contributed by atoms with Gasteiger partial charge < -0.3 is 4.90 Å². The van der Waals surface area contributed by atoms with Crippen LogP contribution in [-0.2, 0) is 35.0 Å². The smallest absolute Gasteiger partial charge is 0.227 e. The molecule has 0 radical (unpaired) electrons. The van der Waals surface area contributed by atoms with Gasteiger partial charge in [-0.3, -0.25) is 19.1 Å². The summed E-state index contributed by atoms with van der Waals surface area (Å²) in [5.41, 5.74) is 4.93. The van der Waals surface area contributed by atoms with Crippen molar-refractivity contribution in [2.24, 2.45) is 0 Å². The van der Waals surface area contributed by atoms with Crippen LogP contribution in [0, 0.1) is 0 Å². The van der Waals surface area contributed by atoms with Gasteiger partial charge in [-0.1, -0.05) is 12.1 Å². The Labute approximate surface area is 160 Å². The average molecular weight is 380 g/mol. The fourth-order valence-electron chi connectivity index (χ4n) is 3.38. The molecule has 3 heterocycles. The van der Waals surface area contributed by atoms with Crippen LogP contribution < -0.4 is 0 Å². The van der Waals surface area contributed by atoms with E-state index in [2.05, 4.69) is 15.2 Å². The molecule has 1 unspecified atom stereocenters. The number of nitrogens with zero attached hydrogens (tertiary/aromatic N) is 3. The zero-order valence-electron chi connectivity index (χ0n) is 15.0. The number of nitrogens with one attached hydrogen (secondary N) is 1. The third kappa shape index (κ3) is 3.68. The Balaban J connectivity index is 1.53. The fourth-order valence-corrected chi connectivity index (χ4v) is 3.96. The third-order valence-corrected chi connectivity index (χ3v) is 5.74. The molecule has 4 rings (SSSR count). The van der Waals surface area contributed by atoms with Crippen molar-refractivity contribution >= 4 is 16.7 Å². The first-order valence-corrected chi connectivity index (χ1v) is 10.3. The first-order chi connectivity index (χ1) is 13.1. The number of H-pyrrole nitrogens is 1. The van der Waals surface area contributed by atoms with Crippen LogP contribution in [0.5, 0.6) is 0 Å². The van der Waals surface area contributed by atoms with Crippen molar-refractivity contribution in [2.45, 2.75) is 24.3 Å².